The maximum atomic E-state index is 12.4. The highest BCUT2D eigenvalue weighted by Crippen LogP contribution is 2.31. The fraction of sp³-hybridized carbons (Fsp3) is 0.250. The van der Waals surface area contributed by atoms with E-state index in [1.165, 1.54) is 0 Å². The van der Waals surface area contributed by atoms with Crippen LogP contribution < -0.4 is 4.74 Å². The highest BCUT2D eigenvalue weighted by molar-refractivity contribution is 6.02. The largest absolute Gasteiger partial charge is 0.497 e. The molecule has 0 amide bonds. The number of ketones is 1. The fourth-order valence-electron chi connectivity index (χ4n) is 2.64. The van der Waals surface area contributed by atoms with Gasteiger partial charge in [0, 0.05) is 23.9 Å². The average Bonchev–Trinajstić information content (AvgIpc) is 2.76. The minimum absolute atomic E-state index is 0.0458. The van der Waals surface area contributed by atoms with E-state index in [4.69, 9.17) is 4.74 Å². The van der Waals surface area contributed by atoms with Gasteiger partial charge in [0.2, 0.25) is 0 Å². The Labute approximate surface area is 112 Å². The van der Waals surface area contributed by atoms with Gasteiger partial charge in [-0.3, -0.25) is 9.78 Å². The monoisotopic (exact) mass is 253 g/mol. The van der Waals surface area contributed by atoms with Crippen LogP contribution in [-0.2, 0) is 12.8 Å². The molecule has 0 spiro atoms. The second-order valence-corrected chi connectivity index (χ2v) is 4.85. The topological polar surface area (TPSA) is 39.2 Å². The molecular weight excluding hydrogens is 238 g/mol. The van der Waals surface area contributed by atoms with Gasteiger partial charge in [-0.25, -0.2) is 0 Å². The highest BCUT2D eigenvalue weighted by atomic mass is 16.5. The SMILES string of the molecule is COc1ccc2c(c1)C(=O)C(Cc1ccncc1)C2. The molecule has 0 aliphatic heterocycles. The van der Waals surface area contributed by atoms with Gasteiger partial charge in [-0.05, 0) is 48.2 Å². The van der Waals surface area contributed by atoms with Gasteiger partial charge in [-0.1, -0.05) is 6.07 Å². The zero-order chi connectivity index (χ0) is 13.2. The molecule has 0 saturated heterocycles. The molecule has 3 heteroatoms. The van der Waals surface area contributed by atoms with Crippen molar-refractivity contribution in [1.82, 2.24) is 4.98 Å². The van der Waals surface area contributed by atoms with E-state index in [-0.39, 0.29) is 11.7 Å². The van der Waals surface area contributed by atoms with Crippen molar-refractivity contribution < 1.29 is 9.53 Å². The van der Waals surface area contributed by atoms with E-state index in [9.17, 15) is 4.79 Å². The van der Waals surface area contributed by atoms with Crippen LogP contribution in [0.4, 0.5) is 0 Å². The molecule has 3 nitrogen and oxygen atoms in total. The van der Waals surface area contributed by atoms with Crippen molar-refractivity contribution in [3.8, 4) is 5.75 Å². The van der Waals surface area contributed by atoms with E-state index in [0.717, 1.165) is 35.3 Å². The molecule has 2 aromatic rings. The third-order valence-electron chi connectivity index (χ3n) is 3.65. The Morgan fingerprint density at radius 3 is 2.79 bits per heavy atom. The third kappa shape index (κ3) is 2.24. The summed E-state index contributed by atoms with van der Waals surface area (Å²) < 4.78 is 5.18. The summed E-state index contributed by atoms with van der Waals surface area (Å²) in [6.07, 6.45) is 5.13. The zero-order valence-corrected chi connectivity index (χ0v) is 10.8. The zero-order valence-electron chi connectivity index (χ0n) is 10.8. The number of aromatic nitrogens is 1. The highest BCUT2D eigenvalue weighted by Gasteiger charge is 2.30. The quantitative estimate of drug-likeness (QED) is 0.844. The summed E-state index contributed by atoms with van der Waals surface area (Å²) in [5.74, 6) is 1.02. The predicted octanol–water partition coefficient (Wildman–Crippen LogP) is 2.69. The van der Waals surface area contributed by atoms with Crippen molar-refractivity contribution in [1.29, 1.82) is 0 Å². The van der Waals surface area contributed by atoms with Crippen molar-refractivity contribution in [3.63, 3.8) is 0 Å². The summed E-state index contributed by atoms with van der Waals surface area (Å²) in [6.45, 7) is 0. The van der Waals surface area contributed by atoms with Gasteiger partial charge in [0.15, 0.2) is 5.78 Å². The predicted molar refractivity (Wildman–Crippen MR) is 72.5 cm³/mol. The molecule has 0 radical (unpaired) electrons. The lowest BCUT2D eigenvalue weighted by Gasteiger charge is -2.07. The van der Waals surface area contributed by atoms with E-state index in [2.05, 4.69) is 4.98 Å². The summed E-state index contributed by atoms with van der Waals surface area (Å²) in [6, 6.07) is 9.71. The average molecular weight is 253 g/mol. The lowest BCUT2D eigenvalue weighted by molar-refractivity contribution is 0.0936. The molecule has 1 unspecified atom stereocenters. The molecule has 0 bridgehead atoms. The van der Waals surface area contributed by atoms with Crippen LogP contribution in [0.1, 0.15) is 21.5 Å². The van der Waals surface area contributed by atoms with Gasteiger partial charge < -0.3 is 4.74 Å². The van der Waals surface area contributed by atoms with E-state index in [1.807, 2.05) is 30.3 Å². The van der Waals surface area contributed by atoms with Gasteiger partial charge >= 0.3 is 0 Å². The number of benzene rings is 1. The van der Waals surface area contributed by atoms with Crippen LogP contribution in [0.25, 0.3) is 0 Å². The lowest BCUT2D eigenvalue weighted by Crippen LogP contribution is -2.12. The smallest absolute Gasteiger partial charge is 0.167 e. The minimum Gasteiger partial charge on any atom is -0.497 e. The van der Waals surface area contributed by atoms with Crippen LogP contribution in [0.15, 0.2) is 42.7 Å². The van der Waals surface area contributed by atoms with Crippen LogP contribution in [0, 0.1) is 5.92 Å². The standard InChI is InChI=1S/C16H15NO2/c1-19-14-3-2-12-9-13(16(18)15(12)10-14)8-11-4-6-17-7-5-11/h2-7,10,13H,8-9H2,1H3. The number of ether oxygens (including phenoxy) is 1. The second-order valence-electron chi connectivity index (χ2n) is 4.85. The first-order valence-corrected chi connectivity index (χ1v) is 6.38. The number of methoxy groups -OCH3 is 1. The summed E-state index contributed by atoms with van der Waals surface area (Å²) in [7, 11) is 1.62. The summed E-state index contributed by atoms with van der Waals surface area (Å²) >= 11 is 0. The van der Waals surface area contributed by atoms with E-state index < -0.39 is 0 Å². The number of Topliss-reactive ketones (excluding diaryl/α,β-unsaturated/α-hetero) is 1. The fourth-order valence-corrected chi connectivity index (χ4v) is 2.64. The molecule has 1 aromatic carbocycles. The summed E-state index contributed by atoms with van der Waals surface area (Å²) in [4.78, 5) is 16.4. The maximum absolute atomic E-state index is 12.4. The van der Waals surface area contributed by atoms with E-state index >= 15 is 0 Å². The minimum atomic E-state index is 0.0458. The van der Waals surface area contributed by atoms with Gasteiger partial charge in [-0.2, -0.15) is 0 Å². The first-order chi connectivity index (χ1) is 9.28. The summed E-state index contributed by atoms with van der Waals surface area (Å²) in [5, 5.41) is 0. The number of hydrogen-bond acceptors (Lipinski definition) is 3. The number of rotatable bonds is 3. The summed E-state index contributed by atoms with van der Waals surface area (Å²) in [5.41, 5.74) is 3.11. The Kier molecular flexibility index (Phi) is 3.03. The van der Waals surface area contributed by atoms with Crippen LogP contribution in [0.5, 0.6) is 5.75 Å². The molecule has 0 saturated carbocycles. The Morgan fingerprint density at radius 1 is 1.26 bits per heavy atom. The van der Waals surface area contributed by atoms with E-state index in [0.29, 0.717) is 0 Å². The van der Waals surface area contributed by atoms with Gasteiger partial charge in [0.1, 0.15) is 5.75 Å². The third-order valence-corrected chi connectivity index (χ3v) is 3.65. The van der Waals surface area contributed by atoms with Crippen molar-refractivity contribution >= 4 is 5.78 Å². The second kappa shape index (κ2) is 4.84. The molecular formula is C16H15NO2. The molecule has 1 aliphatic carbocycles. The lowest BCUT2D eigenvalue weighted by atomic mass is 9.96. The van der Waals surface area contributed by atoms with Crippen LogP contribution >= 0.6 is 0 Å². The number of hydrogen-bond donors (Lipinski definition) is 0. The number of carbonyl (C=O) groups excluding carboxylic acids is 1. The molecule has 3 rings (SSSR count). The van der Waals surface area contributed by atoms with Gasteiger partial charge in [0.05, 0.1) is 7.11 Å². The van der Waals surface area contributed by atoms with Crippen LogP contribution in [0.2, 0.25) is 0 Å². The molecule has 1 heterocycles. The Morgan fingerprint density at radius 2 is 2.05 bits per heavy atom. The van der Waals surface area contributed by atoms with Crippen molar-refractivity contribution in [3.05, 3.63) is 59.4 Å². The Bertz CT molecular complexity index is 607. The van der Waals surface area contributed by atoms with Gasteiger partial charge in [0.25, 0.3) is 0 Å². The molecule has 96 valence electrons. The molecule has 19 heavy (non-hydrogen) atoms. The van der Waals surface area contributed by atoms with Gasteiger partial charge in [-0.15, -0.1) is 0 Å². The Hall–Kier alpha value is -2.16. The first kappa shape index (κ1) is 11.9. The number of fused-ring (bicyclic) bond motifs is 1. The van der Waals surface area contributed by atoms with Crippen LogP contribution in [0.3, 0.4) is 0 Å². The molecule has 1 aromatic heterocycles. The van der Waals surface area contributed by atoms with Crippen molar-refractivity contribution in [2.24, 2.45) is 5.92 Å². The van der Waals surface area contributed by atoms with E-state index in [1.54, 1.807) is 19.5 Å². The maximum Gasteiger partial charge on any atom is 0.167 e. The van der Waals surface area contributed by atoms with Crippen molar-refractivity contribution in [2.75, 3.05) is 7.11 Å². The number of pyridine rings is 1. The first-order valence-electron chi connectivity index (χ1n) is 6.38. The molecule has 0 fully saturated rings. The molecule has 1 aliphatic rings. The molecule has 1 atom stereocenters. The number of carbonyl (C=O) groups is 1. The number of nitrogens with zero attached hydrogens (tertiary/aromatic N) is 1. The molecule has 0 N–H and O–H groups in total. The van der Waals surface area contributed by atoms with Crippen LogP contribution in [-0.4, -0.2) is 17.9 Å². The Balaban J connectivity index is 1.83. The van der Waals surface area contributed by atoms with Crippen molar-refractivity contribution in [2.45, 2.75) is 12.8 Å². The normalized spacial score (nSPS) is 17.3.